The molecule has 4 heteroatoms. The molecule has 1 fully saturated rings. The van der Waals surface area contributed by atoms with Crippen LogP contribution in [0.15, 0.2) is 24.3 Å². The molecule has 0 amide bonds. The normalized spacial score (nSPS) is 18.2. The SMILES string of the molecule is CC(CCS)CCN1CCN(c2ccc(Cl)cc2)CC1. The molecule has 1 aliphatic heterocycles. The van der Waals surface area contributed by atoms with Crippen molar-refractivity contribution in [2.24, 2.45) is 5.92 Å². The van der Waals surface area contributed by atoms with E-state index in [9.17, 15) is 0 Å². The van der Waals surface area contributed by atoms with Gasteiger partial charge in [0.1, 0.15) is 0 Å². The first-order valence-electron chi connectivity index (χ1n) is 7.53. The predicted octanol–water partition coefficient (Wildman–Crippen LogP) is 3.81. The van der Waals surface area contributed by atoms with Crippen LogP contribution in [-0.2, 0) is 0 Å². The van der Waals surface area contributed by atoms with Crippen LogP contribution >= 0.6 is 24.2 Å². The van der Waals surface area contributed by atoms with Crippen LogP contribution in [0.4, 0.5) is 5.69 Å². The van der Waals surface area contributed by atoms with E-state index in [-0.39, 0.29) is 0 Å². The highest BCUT2D eigenvalue weighted by atomic mass is 35.5. The minimum atomic E-state index is 0.793. The zero-order valence-corrected chi connectivity index (χ0v) is 13.9. The molecule has 1 atom stereocenters. The van der Waals surface area contributed by atoms with Gasteiger partial charge in [-0.1, -0.05) is 18.5 Å². The van der Waals surface area contributed by atoms with Gasteiger partial charge in [0.05, 0.1) is 0 Å². The lowest BCUT2D eigenvalue weighted by Crippen LogP contribution is -2.46. The number of nitrogens with zero attached hydrogens (tertiary/aromatic N) is 2. The van der Waals surface area contributed by atoms with Crippen molar-refractivity contribution in [3.63, 3.8) is 0 Å². The quantitative estimate of drug-likeness (QED) is 0.798. The Hall–Kier alpha value is -0.380. The molecule has 1 aliphatic rings. The smallest absolute Gasteiger partial charge is 0.0407 e. The maximum atomic E-state index is 5.94. The van der Waals surface area contributed by atoms with E-state index in [1.54, 1.807) is 0 Å². The van der Waals surface area contributed by atoms with Crippen molar-refractivity contribution < 1.29 is 0 Å². The van der Waals surface area contributed by atoms with Gasteiger partial charge in [0.2, 0.25) is 0 Å². The monoisotopic (exact) mass is 312 g/mol. The van der Waals surface area contributed by atoms with Crippen molar-refractivity contribution in [1.82, 2.24) is 4.90 Å². The Morgan fingerprint density at radius 2 is 1.75 bits per heavy atom. The van der Waals surface area contributed by atoms with E-state index < -0.39 is 0 Å². The average molecular weight is 313 g/mol. The van der Waals surface area contributed by atoms with Crippen molar-refractivity contribution in [2.75, 3.05) is 43.4 Å². The molecule has 0 bridgehead atoms. The van der Waals surface area contributed by atoms with E-state index in [1.807, 2.05) is 12.1 Å². The molecule has 1 saturated heterocycles. The fourth-order valence-electron chi connectivity index (χ4n) is 2.65. The van der Waals surface area contributed by atoms with Gasteiger partial charge in [-0.3, -0.25) is 4.90 Å². The summed E-state index contributed by atoms with van der Waals surface area (Å²) in [6.07, 6.45) is 2.52. The third-order valence-electron chi connectivity index (χ3n) is 4.12. The highest BCUT2D eigenvalue weighted by Gasteiger charge is 2.17. The van der Waals surface area contributed by atoms with Gasteiger partial charge in [-0.05, 0) is 55.3 Å². The molecule has 2 rings (SSSR count). The predicted molar refractivity (Wildman–Crippen MR) is 92.4 cm³/mol. The number of benzene rings is 1. The van der Waals surface area contributed by atoms with Gasteiger partial charge in [0.25, 0.3) is 0 Å². The molecule has 112 valence electrons. The van der Waals surface area contributed by atoms with Crippen molar-refractivity contribution in [2.45, 2.75) is 19.8 Å². The van der Waals surface area contributed by atoms with Gasteiger partial charge in [-0.2, -0.15) is 12.6 Å². The Morgan fingerprint density at radius 3 is 2.35 bits per heavy atom. The summed E-state index contributed by atoms with van der Waals surface area (Å²) in [5.41, 5.74) is 1.29. The van der Waals surface area contributed by atoms with Crippen LogP contribution in [0.5, 0.6) is 0 Å². The highest BCUT2D eigenvalue weighted by Crippen LogP contribution is 2.20. The van der Waals surface area contributed by atoms with Crippen molar-refractivity contribution in [3.05, 3.63) is 29.3 Å². The van der Waals surface area contributed by atoms with Gasteiger partial charge < -0.3 is 4.90 Å². The number of hydrogen-bond donors (Lipinski definition) is 1. The van der Waals surface area contributed by atoms with E-state index in [4.69, 9.17) is 11.6 Å². The molecular weight excluding hydrogens is 288 g/mol. The van der Waals surface area contributed by atoms with E-state index in [0.29, 0.717) is 0 Å². The van der Waals surface area contributed by atoms with Gasteiger partial charge >= 0.3 is 0 Å². The molecule has 0 radical (unpaired) electrons. The lowest BCUT2D eigenvalue weighted by Gasteiger charge is -2.36. The maximum absolute atomic E-state index is 5.94. The fourth-order valence-corrected chi connectivity index (χ4v) is 3.22. The van der Waals surface area contributed by atoms with E-state index in [1.165, 1.54) is 25.1 Å². The van der Waals surface area contributed by atoms with Crippen LogP contribution in [0.3, 0.4) is 0 Å². The van der Waals surface area contributed by atoms with Crippen LogP contribution in [0.2, 0.25) is 5.02 Å². The molecule has 1 aromatic rings. The molecule has 0 aromatic heterocycles. The van der Waals surface area contributed by atoms with E-state index >= 15 is 0 Å². The second kappa shape index (κ2) is 8.16. The van der Waals surface area contributed by atoms with Crippen molar-refractivity contribution >= 4 is 29.9 Å². The maximum Gasteiger partial charge on any atom is 0.0407 e. The standard InChI is InChI=1S/C16H25ClN2S/c1-14(7-13-20)6-8-18-9-11-19(12-10-18)16-4-2-15(17)3-5-16/h2-5,14,20H,6-13H2,1H3. The van der Waals surface area contributed by atoms with Gasteiger partial charge in [-0.15, -0.1) is 0 Å². The third kappa shape index (κ3) is 4.87. The second-order valence-electron chi connectivity index (χ2n) is 5.71. The number of anilines is 1. The number of thiol groups is 1. The first-order valence-corrected chi connectivity index (χ1v) is 8.54. The van der Waals surface area contributed by atoms with Crippen molar-refractivity contribution in [3.8, 4) is 0 Å². The second-order valence-corrected chi connectivity index (χ2v) is 6.59. The summed E-state index contributed by atoms with van der Waals surface area (Å²) in [6, 6.07) is 8.18. The topological polar surface area (TPSA) is 6.48 Å². The summed E-state index contributed by atoms with van der Waals surface area (Å²) in [5.74, 6) is 1.80. The Bertz CT molecular complexity index is 388. The average Bonchev–Trinajstić information content (AvgIpc) is 2.47. The Morgan fingerprint density at radius 1 is 1.10 bits per heavy atom. The first kappa shape index (κ1) is 16.0. The minimum Gasteiger partial charge on any atom is -0.369 e. The zero-order valence-electron chi connectivity index (χ0n) is 12.3. The number of piperazine rings is 1. The Kier molecular flexibility index (Phi) is 6.53. The fraction of sp³-hybridized carbons (Fsp3) is 0.625. The van der Waals surface area contributed by atoms with E-state index in [0.717, 1.165) is 42.9 Å². The molecule has 20 heavy (non-hydrogen) atoms. The van der Waals surface area contributed by atoms with Crippen LogP contribution < -0.4 is 4.90 Å². The van der Waals surface area contributed by atoms with Crippen LogP contribution in [0, 0.1) is 5.92 Å². The Balaban J connectivity index is 1.73. The summed E-state index contributed by atoms with van der Waals surface area (Å²) in [5, 5.41) is 0.811. The summed E-state index contributed by atoms with van der Waals surface area (Å²) >= 11 is 10.2. The molecule has 0 aliphatic carbocycles. The number of halogens is 1. The van der Waals surface area contributed by atoms with Gasteiger partial charge in [-0.25, -0.2) is 0 Å². The zero-order chi connectivity index (χ0) is 14.4. The molecular formula is C16H25ClN2S. The summed E-state index contributed by atoms with van der Waals surface area (Å²) < 4.78 is 0. The number of rotatable bonds is 6. The third-order valence-corrected chi connectivity index (χ3v) is 4.63. The van der Waals surface area contributed by atoms with Crippen LogP contribution in [-0.4, -0.2) is 43.4 Å². The number of hydrogen-bond acceptors (Lipinski definition) is 3. The summed E-state index contributed by atoms with van der Waals surface area (Å²) in [6.45, 7) is 8.11. The van der Waals surface area contributed by atoms with E-state index in [2.05, 4.69) is 41.5 Å². The van der Waals surface area contributed by atoms with Crippen LogP contribution in [0.25, 0.3) is 0 Å². The molecule has 1 aromatic carbocycles. The molecule has 2 nitrogen and oxygen atoms in total. The summed E-state index contributed by atoms with van der Waals surface area (Å²) in [7, 11) is 0. The van der Waals surface area contributed by atoms with Gasteiger partial charge in [0.15, 0.2) is 0 Å². The minimum absolute atomic E-state index is 0.793. The lowest BCUT2D eigenvalue weighted by molar-refractivity contribution is 0.240. The van der Waals surface area contributed by atoms with Crippen molar-refractivity contribution in [1.29, 1.82) is 0 Å². The highest BCUT2D eigenvalue weighted by molar-refractivity contribution is 7.80. The summed E-state index contributed by atoms with van der Waals surface area (Å²) in [4.78, 5) is 5.03. The van der Waals surface area contributed by atoms with Crippen LogP contribution in [0.1, 0.15) is 19.8 Å². The molecule has 0 N–H and O–H groups in total. The molecule has 0 saturated carbocycles. The molecule has 1 heterocycles. The molecule has 1 unspecified atom stereocenters. The Labute approximate surface area is 133 Å². The lowest BCUT2D eigenvalue weighted by atomic mass is 10.0. The van der Waals surface area contributed by atoms with Gasteiger partial charge in [0, 0.05) is 36.9 Å². The first-order chi connectivity index (χ1) is 9.69. The largest absolute Gasteiger partial charge is 0.369 e. The molecule has 0 spiro atoms.